The van der Waals surface area contributed by atoms with E-state index in [0.717, 1.165) is 0 Å². The molecule has 0 aromatic carbocycles. The molecule has 20 heavy (non-hydrogen) atoms. The summed E-state index contributed by atoms with van der Waals surface area (Å²) < 4.78 is 37.4. The molecule has 0 spiro atoms. The molecule has 1 unspecified atom stereocenters. The third-order valence-corrected chi connectivity index (χ3v) is 3.59. The Labute approximate surface area is 115 Å². The summed E-state index contributed by atoms with van der Waals surface area (Å²) in [6.07, 6.45) is -4.04. The highest BCUT2D eigenvalue weighted by Gasteiger charge is 2.41. The van der Waals surface area contributed by atoms with Crippen molar-refractivity contribution in [3.05, 3.63) is 0 Å². The Morgan fingerprint density at radius 2 is 1.90 bits per heavy atom. The number of rotatable bonds is 4. The number of likely N-dealkylation sites (tertiary alicyclic amines) is 1. The first-order valence-corrected chi connectivity index (χ1v) is 6.58. The average Bonchev–Trinajstić information content (AvgIpc) is 2.38. The highest BCUT2D eigenvalue weighted by molar-refractivity contribution is 5.76. The van der Waals surface area contributed by atoms with E-state index in [1.54, 1.807) is 6.92 Å². The van der Waals surface area contributed by atoms with Crippen LogP contribution in [0, 0.1) is 11.8 Å². The Hall–Kier alpha value is -1.47. The van der Waals surface area contributed by atoms with Gasteiger partial charge < -0.3 is 15.3 Å². The number of aliphatic carboxylic acids is 1. The van der Waals surface area contributed by atoms with E-state index in [0.29, 0.717) is 6.42 Å². The first kappa shape index (κ1) is 16.6. The molecule has 1 rings (SSSR count). The van der Waals surface area contributed by atoms with Crippen molar-refractivity contribution in [1.29, 1.82) is 0 Å². The van der Waals surface area contributed by atoms with Gasteiger partial charge in [0.2, 0.25) is 0 Å². The number of urea groups is 1. The van der Waals surface area contributed by atoms with Gasteiger partial charge in [-0.2, -0.15) is 13.2 Å². The first-order valence-electron chi connectivity index (χ1n) is 6.58. The van der Waals surface area contributed by atoms with Crippen molar-refractivity contribution in [2.24, 2.45) is 11.8 Å². The second-order valence-electron chi connectivity index (χ2n) is 4.93. The predicted molar refractivity (Wildman–Crippen MR) is 65.2 cm³/mol. The van der Waals surface area contributed by atoms with Crippen molar-refractivity contribution in [2.75, 3.05) is 19.6 Å². The third-order valence-electron chi connectivity index (χ3n) is 3.59. The number of carbonyl (C=O) groups excluding carboxylic acids is 1. The molecule has 0 bridgehead atoms. The van der Waals surface area contributed by atoms with Crippen LogP contribution in [0.5, 0.6) is 0 Å². The lowest BCUT2D eigenvalue weighted by Crippen LogP contribution is -2.47. The largest absolute Gasteiger partial charge is 0.481 e. The predicted octanol–water partition coefficient (Wildman–Crippen LogP) is 2.08. The van der Waals surface area contributed by atoms with Gasteiger partial charge in [-0.05, 0) is 19.3 Å². The number of hydrogen-bond acceptors (Lipinski definition) is 2. The highest BCUT2D eigenvalue weighted by atomic mass is 19.4. The summed E-state index contributed by atoms with van der Waals surface area (Å²) in [5.74, 6) is -3.02. The fourth-order valence-corrected chi connectivity index (χ4v) is 2.14. The quantitative estimate of drug-likeness (QED) is 0.834. The van der Waals surface area contributed by atoms with Crippen molar-refractivity contribution in [1.82, 2.24) is 10.2 Å². The summed E-state index contributed by atoms with van der Waals surface area (Å²) in [7, 11) is 0. The first-order chi connectivity index (χ1) is 9.25. The molecule has 1 atom stereocenters. The number of alkyl halides is 3. The fraction of sp³-hybridized carbons (Fsp3) is 0.833. The van der Waals surface area contributed by atoms with E-state index < -0.39 is 30.0 Å². The van der Waals surface area contributed by atoms with Gasteiger partial charge in [-0.3, -0.25) is 4.79 Å². The number of piperidine rings is 1. The summed E-state index contributed by atoms with van der Waals surface area (Å²) in [6, 6.07) is -0.495. The van der Waals surface area contributed by atoms with Crippen molar-refractivity contribution in [2.45, 2.75) is 32.4 Å². The standard InChI is InChI=1S/C12H19F3N2O3/c1-2-8(10(18)19)7-16-11(20)17-5-3-9(4-6-17)12(13,14)15/h8-9H,2-7H2,1H3,(H,16,20)(H,18,19). The number of nitrogens with zero attached hydrogens (tertiary/aromatic N) is 1. The molecule has 1 heterocycles. The van der Waals surface area contributed by atoms with Crippen LogP contribution in [0.2, 0.25) is 0 Å². The van der Waals surface area contributed by atoms with E-state index in [1.807, 2.05) is 0 Å². The summed E-state index contributed by atoms with van der Waals surface area (Å²) in [4.78, 5) is 23.8. The normalized spacial score (nSPS) is 18.7. The van der Waals surface area contributed by atoms with E-state index in [4.69, 9.17) is 5.11 Å². The van der Waals surface area contributed by atoms with E-state index >= 15 is 0 Å². The van der Waals surface area contributed by atoms with Crippen molar-refractivity contribution in [3.8, 4) is 0 Å². The van der Waals surface area contributed by atoms with Crippen LogP contribution in [-0.4, -0.2) is 47.8 Å². The lowest BCUT2D eigenvalue weighted by atomic mass is 9.96. The molecule has 0 aromatic heterocycles. The molecule has 2 N–H and O–H groups in total. The molecular formula is C12H19F3N2O3. The fourth-order valence-electron chi connectivity index (χ4n) is 2.14. The number of carbonyl (C=O) groups is 2. The van der Waals surface area contributed by atoms with Crippen LogP contribution < -0.4 is 5.32 Å². The van der Waals surface area contributed by atoms with Crippen molar-refractivity contribution >= 4 is 12.0 Å². The molecule has 1 saturated heterocycles. The van der Waals surface area contributed by atoms with E-state index in [2.05, 4.69) is 5.32 Å². The van der Waals surface area contributed by atoms with Gasteiger partial charge in [-0.15, -0.1) is 0 Å². The molecule has 8 heteroatoms. The molecule has 2 amide bonds. The number of halogens is 3. The molecule has 116 valence electrons. The van der Waals surface area contributed by atoms with Gasteiger partial charge in [0.1, 0.15) is 0 Å². The third kappa shape index (κ3) is 4.57. The maximum Gasteiger partial charge on any atom is 0.391 e. The van der Waals surface area contributed by atoms with Gasteiger partial charge in [0, 0.05) is 19.6 Å². The van der Waals surface area contributed by atoms with Crippen LogP contribution in [0.15, 0.2) is 0 Å². The number of hydrogen-bond donors (Lipinski definition) is 2. The Morgan fingerprint density at radius 1 is 1.35 bits per heavy atom. The SMILES string of the molecule is CCC(CNC(=O)N1CCC(C(F)(F)F)CC1)C(=O)O. The molecule has 0 aromatic rings. The molecule has 1 aliphatic rings. The highest BCUT2D eigenvalue weighted by Crippen LogP contribution is 2.33. The molecule has 0 radical (unpaired) electrons. The second kappa shape index (κ2) is 6.81. The van der Waals surface area contributed by atoms with Crippen LogP contribution in [0.1, 0.15) is 26.2 Å². The topological polar surface area (TPSA) is 69.6 Å². The van der Waals surface area contributed by atoms with Gasteiger partial charge in [-0.1, -0.05) is 6.92 Å². The average molecular weight is 296 g/mol. The minimum absolute atomic E-state index is 0.0101. The summed E-state index contributed by atoms with van der Waals surface area (Å²) in [5.41, 5.74) is 0. The molecule has 0 saturated carbocycles. The minimum Gasteiger partial charge on any atom is -0.481 e. The molecule has 1 aliphatic heterocycles. The zero-order chi connectivity index (χ0) is 15.3. The Morgan fingerprint density at radius 3 is 2.30 bits per heavy atom. The molecule has 5 nitrogen and oxygen atoms in total. The molecule has 1 fully saturated rings. The Bertz CT molecular complexity index is 352. The van der Waals surface area contributed by atoms with E-state index in [1.165, 1.54) is 4.90 Å². The maximum atomic E-state index is 12.5. The van der Waals surface area contributed by atoms with Crippen molar-refractivity contribution < 1.29 is 27.9 Å². The number of carboxylic acid groups (broad SMARTS) is 1. The van der Waals surface area contributed by atoms with Crippen LogP contribution in [0.25, 0.3) is 0 Å². The van der Waals surface area contributed by atoms with Crippen LogP contribution in [-0.2, 0) is 4.79 Å². The second-order valence-corrected chi connectivity index (χ2v) is 4.93. The maximum absolute atomic E-state index is 12.5. The van der Waals surface area contributed by atoms with Crippen LogP contribution in [0.3, 0.4) is 0 Å². The van der Waals surface area contributed by atoms with E-state index in [9.17, 15) is 22.8 Å². The van der Waals surface area contributed by atoms with Gasteiger partial charge in [0.15, 0.2) is 0 Å². The smallest absolute Gasteiger partial charge is 0.391 e. The van der Waals surface area contributed by atoms with Gasteiger partial charge in [0.25, 0.3) is 0 Å². The summed E-state index contributed by atoms with van der Waals surface area (Å²) in [5, 5.41) is 11.3. The zero-order valence-corrected chi connectivity index (χ0v) is 11.2. The van der Waals surface area contributed by atoms with E-state index in [-0.39, 0.29) is 32.5 Å². The molecule has 0 aliphatic carbocycles. The Kier molecular flexibility index (Phi) is 5.64. The zero-order valence-electron chi connectivity index (χ0n) is 11.2. The monoisotopic (exact) mass is 296 g/mol. The van der Waals surface area contributed by atoms with Crippen LogP contribution in [0.4, 0.5) is 18.0 Å². The minimum atomic E-state index is -4.21. The number of nitrogens with one attached hydrogen (secondary N) is 1. The lowest BCUT2D eigenvalue weighted by molar-refractivity contribution is -0.183. The molecular weight excluding hydrogens is 277 g/mol. The Balaban J connectivity index is 2.38. The van der Waals surface area contributed by atoms with Gasteiger partial charge >= 0.3 is 18.2 Å². The van der Waals surface area contributed by atoms with Gasteiger partial charge in [-0.25, -0.2) is 4.79 Å². The number of amides is 2. The summed E-state index contributed by atoms with van der Waals surface area (Å²) in [6.45, 7) is 1.77. The number of carboxylic acids is 1. The lowest BCUT2D eigenvalue weighted by Gasteiger charge is -2.33. The van der Waals surface area contributed by atoms with Crippen LogP contribution >= 0.6 is 0 Å². The summed E-state index contributed by atoms with van der Waals surface area (Å²) >= 11 is 0. The van der Waals surface area contributed by atoms with Gasteiger partial charge in [0.05, 0.1) is 11.8 Å². The van der Waals surface area contributed by atoms with Crippen molar-refractivity contribution in [3.63, 3.8) is 0 Å².